The van der Waals surface area contributed by atoms with Gasteiger partial charge in [0.05, 0.1) is 27.1 Å². The minimum Gasteiger partial charge on any atom is -0.342 e. The third-order valence-corrected chi connectivity index (χ3v) is 1.06. The van der Waals surface area contributed by atoms with E-state index in [1.54, 1.807) is 12.5 Å². The van der Waals surface area contributed by atoms with E-state index in [9.17, 15) is 0 Å². The summed E-state index contributed by atoms with van der Waals surface area (Å²) in [6, 6.07) is 0. The Morgan fingerprint density at radius 1 is 1.86 bits per heavy atom. The minimum atomic E-state index is 1.03. The summed E-state index contributed by atoms with van der Waals surface area (Å²) in [6.45, 7) is 0. The summed E-state index contributed by atoms with van der Waals surface area (Å²) < 4.78 is 0. The van der Waals surface area contributed by atoms with Gasteiger partial charge < -0.3 is 4.98 Å². The zero-order chi connectivity index (χ0) is 5.11. The molecule has 0 aliphatic carbocycles. The summed E-state index contributed by atoms with van der Waals surface area (Å²) in [5, 5.41) is 0. The van der Waals surface area contributed by atoms with Gasteiger partial charge in [-0.1, -0.05) is 0 Å². The molecule has 1 heterocycles. The van der Waals surface area contributed by atoms with Gasteiger partial charge in [0.25, 0.3) is 0 Å². The van der Waals surface area contributed by atoms with Crippen LogP contribution in [0.2, 0.25) is 0 Å². The zero-order valence-corrected chi connectivity index (χ0v) is 4.91. The van der Waals surface area contributed by atoms with Crippen molar-refractivity contribution in [3.8, 4) is 0 Å². The number of aromatic amines is 1. The smallest absolute Gasteiger partial charge is 0.128 e. The normalized spacial score (nSPS) is 8.57. The second-order valence-corrected chi connectivity index (χ2v) is 1.51. The molecule has 3 heteroatoms. The Morgan fingerprint density at radius 3 is 3.00 bits per heavy atom. The van der Waals surface area contributed by atoms with Crippen molar-refractivity contribution in [3.63, 3.8) is 0 Å². The number of hydrogen-bond donors (Lipinski definition) is 1. The molecule has 1 aromatic rings. The summed E-state index contributed by atoms with van der Waals surface area (Å²) >= 11 is 0. The molecule has 1 aromatic heterocycles. The molecule has 7 heavy (non-hydrogen) atoms. The first-order valence-corrected chi connectivity index (χ1v) is 2.63. The van der Waals surface area contributed by atoms with Gasteiger partial charge in [-0.15, -0.1) is 0 Å². The molecule has 0 bridgehead atoms. The van der Waals surface area contributed by atoms with Gasteiger partial charge in [-0.05, 0) is 0 Å². The largest absolute Gasteiger partial charge is 0.342 e. The molecule has 0 radical (unpaired) electrons. The Kier molecular flexibility index (Phi) is 1.23. The summed E-state index contributed by atoms with van der Waals surface area (Å²) in [6.07, 6.45) is 3.41. The van der Waals surface area contributed by atoms with Gasteiger partial charge in [0, 0.05) is 0 Å². The van der Waals surface area contributed by atoms with Gasteiger partial charge in [-0.3, -0.25) is 0 Å². The summed E-state index contributed by atoms with van der Waals surface area (Å²) in [7, 11) is 2.49. The van der Waals surface area contributed by atoms with E-state index in [0.717, 1.165) is 5.69 Å². The van der Waals surface area contributed by atoms with Gasteiger partial charge in [0.15, 0.2) is 0 Å². The Morgan fingerprint density at radius 2 is 2.71 bits per heavy atom. The second-order valence-electron chi connectivity index (χ2n) is 1.17. The fourth-order valence-corrected chi connectivity index (χ4v) is 0.540. The molecule has 0 saturated carbocycles. The molecule has 2 nitrogen and oxygen atoms in total. The maximum Gasteiger partial charge on any atom is 0.128 e. The van der Waals surface area contributed by atoms with Gasteiger partial charge in [-0.25, -0.2) is 4.98 Å². The molecule has 0 fully saturated rings. The molecule has 0 spiro atoms. The molecule has 0 amide bonds. The Bertz CT molecular complexity index is 145. The van der Waals surface area contributed by atoms with Crippen molar-refractivity contribution in [1.29, 1.82) is 0 Å². The highest BCUT2D eigenvalue weighted by atomic mass is 31.0. The van der Waals surface area contributed by atoms with Crippen molar-refractivity contribution >= 4 is 14.7 Å². The van der Waals surface area contributed by atoms with E-state index in [2.05, 4.69) is 18.8 Å². The van der Waals surface area contributed by atoms with Gasteiger partial charge in [-0.2, -0.15) is 0 Å². The highest BCUT2D eigenvalue weighted by Crippen LogP contribution is 1.83. The van der Waals surface area contributed by atoms with Crippen molar-refractivity contribution in [3.05, 3.63) is 18.2 Å². The highest BCUT2D eigenvalue weighted by molar-refractivity contribution is 7.19. The molecule has 1 N–H and O–H groups in total. The standard InChI is InChI=1S/C4H5N2P/c7-2-4-1-5-3-6-4/h1-3,7H,(H,5,6)/p+1. The maximum atomic E-state index is 3.79. The first-order valence-electron chi connectivity index (χ1n) is 1.97. The molecular weight excluding hydrogens is 107 g/mol. The van der Waals surface area contributed by atoms with E-state index in [1.165, 1.54) is 0 Å². The molecule has 0 saturated heterocycles. The summed E-state index contributed by atoms with van der Waals surface area (Å²) in [5.41, 5.74) is 1.03. The topological polar surface area (TPSA) is 28.7 Å². The van der Waals surface area contributed by atoms with Crippen LogP contribution < -0.4 is 0 Å². The highest BCUT2D eigenvalue weighted by Gasteiger charge is 1.82. The van der Waals surface area contributed by atoms with Gasteiger partial charge in [0.2, 0.25) is 0 Å². The van der Waals surface area contributed by atoms with Crippen molar-refractivity contribution in [2.75, 3.05) is 0 Å². The van der Waals surface area contributed by atoms with Crippen LogP contribution in [-0.2, 0) is 0 Å². The SMILES string of the molecule is [PH2+]=Cc1cnc[nH]1. The molecule has 36 valence electrons. The predicted molar refractivity (Wildman–Crippen MR) is 33.5 cm³/mol. The molecule has 0 aliphatic heterocycles. The molecule has 0 aromatic carbocycles. The van der Waals surface area contributed by atoms with Crippen molar-refractivity contribution in [1.82, 2.24) is 9.97 Å². The van der Waals surface area contributed by atoms with Crippen molar-refractivity contribution in [2.24, 2.45) is 0 Å². The number of aromatic nitrogens is 2. The monoisotopic (exact) mass is 113 g/mol. The number of H-pyrrole nitrogens is 1. The van der Waals surface area contributed by atoms with Crippen LogP contribution in [0.15, 0.2) is 12.5 Å². The van der Waals surface area contributed by atoms with Gasteiger partial charge >= 0.3 is 0 Å². The summed E-state index contributed by atoms with van der Waals surface area (Å²) in [5.74, 6) is 1.88. The average Bonchev–Trinajstić information content (AvgIpc) is 2.14. The molecule has 1 rings (SSSR count). The fraction of sp³-hybridized carbons (Fsp3) is 0. The number of hydrogen-bond acceptors (Lipinski definition) is 1. The van der Waals surface area contributed by atoms with E-state index in [0.29, 0.717) is 0 Å². The van der Waals surface area contributed by atoms with Crippen LogP contribution in [0.1, 0.15) is 5.69 Å². The lowest BCUT2D eigenvalue weighted by atomic mass is 10.6. The number of imidazole rings is 1. The first-order chi connectivity index (χ1) is 3.43. The van der Waals surface area contributed by atoms with Crippen molar-refractivity contribution in [2.45, 2.75) is 0 Å². The maximum absolute atomic E-state index is 3.79. The lowest BCUT2D eigenvalue weighted by Gasteiger charge is -1.66. The molecule has 1 unspecified atom stereocenters. The number of rotatable bonds is 1. The zero-order valence-electron chi connectivity index (χ0n) is 3.76. The third-order valence-electron chi connectivity index (χ3n) is 0.699. The first kappa shape index (κ1) is 4.54. The summed E-state index contributed by atoms with van der Waals surface area (Å²) in [4.78, 5) is 6.69. The molecular formula is C4H6N2P+. The third kappa shape index (κ3) is 0.875. The second kappa shape index (κ2) is 1.90. The van der Waals surface area contributed by atoms with Crippen molar-refractivity contribution < 1.29 is 0 Å². The van der Waals surface area contributed by atoms with Crippen LogP contribution in [0.25, 0.3) is 0 Å². The Labute approximate surface area is 43.8 Å². The quantitative estimate of drug-likeness (QED) is 0.526. The lowest BCUT2D eigenvalue weighted by Crippen LogP contribution is -1.70. The van der Waals surface area contributed by atoms with E-state index in [-0.39, 0.29) is 0 Å². The predicted octanol–water partition coefficient (Wildman–Crippen LogP) is 0.435. The Balaban J connectivity index is 2.96. The van der Waals surface area contributed by atoms with Crippen LogP contribution in [0.4, 0.5) is 0 Å². The Hall–Kier alpha value is -0.620. The van der Waals surface area contributed by atoms with E-state index < -0.39 is 0 Å². The van der Waals surface area contributed by atoms with Crippen LogP contribution in [0.3, 0.4) is 0 Å². The van der Waals surface area contributed by atoms with Crippen LogP contribution >= 0.6 is 8.86 Å². The molecule has 1 atom stereocenters. The lowest BCUT2D eigenvalue weighted by molar-refractivity contribution is 1.31. The molecule has 0 aliphatic rings. The number of nitrogens with one attached hydrogen (secondary N) is 1. The van der Waals surface area contributed by atoms with Crippen LogP contribution in [-0.4, -0.2) is 15.8 Å². The van der Waals surface area contributed by atoms with E-state index in [1.807, 2.05) is 5.80 Å². The van der Waals surface area contributed by atoms with E-state index in [4.69, 9.17) is 0 Å². The number of nitrogens with zero attached hydrogens (tertiary/aromatic N) is 1. The van der Waals surface area contributed by atoms with E-state index >= 15 is 0 Å². The minimum absolute atomic E-state index is 1.03. The average molecular weight is 113 g/mol. The van der Waals surface area contributed by atoms with Crippen LogP contribution in [0, 0.1) is 0 Å². The van der Waals surface area contributed by atoms with Gasteiger partial charge in [0.1, 0.15) is 5.80 Å². The van der Waals surface area contributed by atoms with Crippen LogP contribution in [0.5, 0.6) is 0 Å². The fourth-order valence-electron chi connectivity index (χ4n) is 0.358.